The van der Waals surface area contributed by atoms with Crippen molar-refractivity contribution in [3.63, 3.8) is 0 Å². The minimum atomic E-state index is -0.272. The lowest BCUT2D eigenvalue weighted by Gasteiger charge is -2.29. The van der Waals surface area contributed by atoms with Crippen molar-refractivity contribution in [2.75, 3.05) is 50.7 Å². The van der Waals surface area contributed by atoms with E-state index in [1.165, 1.54) is 24.6 Å². The molecule has 1 aromatic carbocycles. The standard InChI is InChI=1S/C19H20N4O4S.C2H6/c1-25-14-4-3-13(23-7-9-27-10-8-23)17-16(14)21-19(28-17)22-18(24)12-5-6-20-15(11-12)26-2;1-2/h3-6,11H,7-10H2,1-2H3,(H,21,22,24);1-2H3. The Morgan fingerprint density at radius 3 is 2.63 bits per heavy atom. The van der Waals surface area contributed by atoms with Crippen molar-refractivity contribution < 1.29 is 19.0 Å². The molecule has 30 heavy (non-hydrogen) atoms. The van der Waals surface area contributed by atoms with E-state index < -0.39 is 0 Å². The van der Waals surface area contributed by atoms with Crippen molar-refractivity contribution in [1.29, 1.82) is 0 Å². The molecule has 160 valence electrons. The number of hydrogen-bond donors (Lipinski definition) is 1. The zero-order valence-corrected chi connectivity index (χ0v) is 18.4. The number of pyridine rings is 1. The molecule has 0 unspecified atom stereocenters. The molecular formula is C21H26N4O4S. The molecule has 3 aromatic rings. The first kappa shape index (κ1) is 21.8. The number of methoxy groups -OCH3 is 2. The highest BCUT2D eigenvalue weighted by molar-refractivity contribution is 7.23. The summed E-state index contributed by atoms with van der Waals surface area (Å²) in [6, 6.07) is 7.16. The number of anilines is 2. The Morgan fingerprint density at radius 1 is 1.17 bits per heavy atom. The molecule has 1 amide bonds. The van der Waals surface area contributed by atoms with Crippen LogP contribution >= 0.6 is 11.3 Å². The Labute approximate surface area is 179 Å². The van der Waals surface area contributed by atoms with Gasteiger partial charge in [0.1, 0.15) is 11.3 Å². The van der Waals surface area contributed by atoms with Crippen LogP contribution in [0.15, 0.2) is 30.5 Å². The van der Waals surface area contributed by atoms with Crippen LogP contribution in [0.25, 0.3) is 10.2 Å². The van der Waals surface area contributed by atoms with Gasteiger partial charge in [-0.15, -0.1) is 0 Å². The molecule has 3 heterocycles. The average molecular weight is 431 g/mol. The number of nitrogens with one attached hydrogen (secondary N) is 1. The number of carbonyl (C=O) groups is 1. The minimum Gasteiger partial charge on any atom is -0.494 e. The monoisotopic (exact) mass is 430 g/mol. The number of amides is 1. The molecule has 1 fully saturated rings. The van der Waals surface area contributed by atoms with Gasteiger partial charge in [0.05, 0.1) is 37.8 Å². The van der Waals surface area contributed by atoms with Gasteiger partial charge in [0.25, 0.3) is 5.91 Å². The van der Waals surface area contributed by atoms with Crippen LogP contribution in [0, 0.1) is 0 Å². The van der Waals surface area contributed by atoms with Crippen molar-refractivity contribution in [3.8, 4) is 11.6 Å². The van der Waals surface area contributed by atoms with Crippen molar-refractivity contribution in [2.24, 2.45) is 0 Å². The Bertz CT molecular complexity index is 1000. The Kier molecular flexibility index (Phi) is 7.42. The highest BCUT2D eigenvalue weighted by atomic mass is 32.1. The fourth-order valence-electron chi connectivity index (χ4n) is 3.07. The number of fused-ring (bicyclic) bond motifs is 1. The van der Waals surface area contributed by atoms with Gasteiger partial charge >= 0.3 is 0 Å². The molecule has 9 heteroatoms. The van der Waals surface area contributed by atoms with Gasteiger partial charge in [-0.3, -0.25) is 10.1 Å². The van der Waals surface area contributed by atoms with E-state index in [0.717, 1.165) is 29.0 Å². The summed E-state index contributed by atoms with van der Waals surface area (Å²) in [7, 11) is 3.13. The third-order valence-corrected chi connectivity index (χ3v) is 5.48. The van der Waals surface area contributed by atoms with Crippen LogP contribution in [0.3, 0.4) is 0 Å². The molecule has 1 N–H and O–H groups in total. The molecule has 1 saturated heterocycles. The van der Waals surface area contributed by atoms with Crippen LogP contribution in [-0.2, 0) is 4.74 Å². The van der Waals surface area contributed by atoms with Crippen LogP contribution in [0.4, 0.5) is 10.8 Å². The van der Waals surface area contributed by atoms with E-state index in [0.29, 0.717) is 35.5 Å². The summed E-state index contributed by atoms with van der Waals surface area (Å²) in [6.45, 7) is 7.02. The molecule has 0 radical (unpaired) electrons. The highest BCUT2D eigenvalue weighted by Crippen LogP contribution is 2.39. The smallest absolute Gasteiger partial charge is 0.257 e. The van der Waals surface area contributed by atoms with Gasteiger partial charge in [-0.05, 0) is 18.2 Å². The summed E-state index contributed by atoms with van der Waals surface area (Å²) in [5, 5.41) is 3.38. The largest absolute Gasteiger partial charge is 0.494 e. The van der Waals surface area contributed by atoms with E-state index in [4.69, 9.17) is 14.2 Å². The van der Waals surface area contributed by atoms with Gasteiger partial charge in [-0.1, -0.05) is 25.2 Å². The number of benzene rings is 1. The van der Waals surface area contributed by atoms with Crippen molar-refractivity contribution >= 4 is 38.3 Å². The summed E-state index contributed by atoms with van der Waals surface area (Å²) in [5.41, 5.74) is 2.26. The lowest BCUT2D eigenvalue weighted by Crippen LogP contribution is -2.36. The first-order valence-electron chi connectivity index (χ1n) is 9.81. The lowest BCUT2D eigenvalue weighted by atomic mass is 10.2. The summed E-state index contributed by atoms with van der Waals surface area (Å²) in [4.78, 5) is 23.5. The average Bonchev–Trinajstić information content (AvgIpc) is 3.23. The number of carbonyl (C=O) groups excluding carboxylic acids is 1. The molecule has 0 saturated carbocycles. The number of hydrogen-bond acceptors (Lipinski definition) is 8. The summed E-state index contributed by atoms with van der Waals surface area (Å²) in [6.07, 6.45) is 1.53. The maximum absolute atomic E-state index is 12.6. The van der Waals surface area contributed by atoms with E-state index >= 15 is 0 Å². The van der Waals surface area contributed by atoms with E-state index in [9.17, 15) is 4.79 Å². The number of aromatic nitrogens is 2. The van der Waals surface area contributed by atoms with Gasteiger partial charge in [-0.25, -0.2) is 9.97 Å². The first-order valence-corrected chi connectivity index (χ1v) is 10.6. The Balaban J connectivity index is 0.00000124. The molecule has 2 aromatic heterocycles. The third kappa shape index (κ3) is 4.63. The summed E-state index contributed by atoms with van der Waals surface area (Å²) >= 11 is 1.43. The van der Waals surface area contributed by atoms with Gasteiger partial charge < -0.3 is 19.1 Å². The van der Waals surface area contributed by atoms with Crippen LogP contribution in [-0.4, -0.2) is 56.4 Å². The van der Waals surface area contributed by atoms with Crippen LogP contribution in [0.2, 0.25) is 0 Å². The number of ether oxygens (including phenoxy) is 3. The predicted molar refractivity (Wildman–Crippen MR) is 119 cm³/mol. The zero-order valence-electron chi connectivity index (χ0n) is 17.6. The van der Waals surface area contributed by atoms with E-state index in [1.807, 2.05) is 26.0 Å². The predicted octanol–water partition coefficient (Wildman–Crippen LogP) is 3.82. The number of rotatable bonds is 5. The fraction of sp³-hybridized carbons (Fsp3) is 0.381. The topological polar surface area (TPSA) is 85.8 Å². The van der Waals surface area contributed by atoms with Crippen molar-refractivity contribution in [1.82, 2.24) is 9.97 Å². The normalized spacial score (nSPS) is 13.4. The minimum absolute atomic E-state index is 0.272. The van der Waals surface area contributed by atoms with E-state index in [2.05, 4.69) is 20.2 Å². The highest BCUT2D eigenvalue weighted by Gasteiger charge is 2.20. The maximum atomic E-state index is 12.6. The van der Waals surface area contributed by atoms with Crippen LogP contribution in [0.5, 0.6) is 11.6 Å². The molecule has 0 aliphatic carbocycles. The zero-order chi connectivity index (χ0) is 21.5. The maximum Gasteiger partial charge on any atom is 0.257 e. The Hall–Kier alpha value is -2.91. The van der Waals surface area contributed by atoms with Crippen LogP contribution in [0.1, 0.15) is 24.2 Å². The SMILES string of the molecule is CC.COc1cc(C(=O)Nc2nc3c(OC)ccc(N4CCOCC4)c3s2)ccn1. The first-order chi connectivity index (χ1) is 14.7. The molecule has 4 rings (SSSR count). The summed E-state index contributed by atoms with van der Waals surface area (Å²) < 4.78 is 17.0. The van der Waals surface area contributed by atoms with Gasteiger partial charge in [0, 0.05) is 30.9 Å². The quantitative estimate of drug-likeness (QED) is 0.658. The number of thiazole rings is 1. The van der Waals surface area contributed by atoms with Crippen molar-refractivity contribution in [2.45, 2.75) is 13.8 Å². The molecule has 1 aliphatic rings. The van der Waals surface area contributed by atoms with Gasteiger partial charge in [-0.2, -0.15) is 0 Å². The number of morpholine rings is 1. The third-order valence-electron chi connectivity index (χ3n) is 4.48. The molecule has 0 bridgehead atoms. The fourth-order valence-corrected chi connectivity index (χ4v) is 4.09. The Morgan fingerprint density at radius 2 is 1.93 bits per heavy atom. The molecule has 1 aliphatic heterocycles. The van der Waals surface area contributed by atoms with Crippen molar-refractivity contribution in [3.05, 3.63) is 36.0 Å². The van der Waals surface area contributed by atoms with E-state index in [-0.39, 0.29) is 5.91 Å². The number of nitrogens with zero attached hydrogens (tertiary/aromatic N) is 3. The summed E-state index contributed by atoms with van der Waals surface area (Å²) in [5.74, 6) is 0.786. The molecule has 8 nitrogen and oxygen atoms in total. The molecular weight excluding hydrogens is 404 g/mol. The second-order valence-electron chi connectivity index (χ2n) is 6.12. The van der Waals surface area contributed by atoms with E-state index in [1.54, 1.807) is 19.2 Å². The second kappa shape index (κ2) is 10.2. The van der Waals surface area contributed by atoms with Gasteiger partial charge in [0.2, 0.25) is 5.88 Å². The lowest BCUT2D eigenvalue weighted by molar-refractivity contribution is 0.102. The molecule has 0 atom stereocenters. The van der Waals surface area contributed by atoms with Crippen LogP contribution < -0.4 is 19.7 Å². The second-order valence-corrected chi connectivity index (χ2v) is 7.12. The molecule has 0 spiro atoms. The van der Waals surface area contributed by atoms with Gasteiger partial charge in [0.15, 0.2) is 5.13 Å².